The Morgan fingerprint density at radius 1 is 1.47 bits per heavy atom. The molecular weight excluding hydrogens is 369 g/mol. The first-order valence-electron chi connectivity index (χ1n) is 4.81. The SMILES string of the molecule is CC(C)C(CBr)NS(=O)(=O)c1cc(Cl)sc1Cl. The minimum atomic E-state index is -3.61. The van der Waals surface area contributed by atoms with Gasteiger partial charge in [-0.2, -0.15) is 0 Å². The molecule has 0 bridgehead atoms. The van der Waals surface area contributed by atoms with Crippen molar-refractivity contribution in [2.45, 2.75) is 24.8 Å². The maximum absolute atomic E-state index is 12.1. The zero-order chi connectivity index (χ0) is 13.2. The number of hydrogen-bond acceptors (Lipinski definition) is 3. The number of halogens is 3. The molecule has 98 valence electrons. The van der Waals surface area contributed by atoms with Crippen molar-refractivity contribution in [3.8, 4) is 0 Å². The molecule has 0 spiro atoms. The van der Waals surface area contributed by atoms with E-state index >= 15 is 0 Å². The summed E-state index contributed by atoms with van der Waals surface area (Å²) >= 11 is 15.9. The van der Waals surface area contributed by atoms with Crippen LogP contribution in [0.2, 0.25) is 8.67 Å². The summed E-state index contributed by atoms with van der Waals surface area (Å²) in [5.41, 5.74) is 0. The smallest absolute Gasteiger partial charge is 0.207 e. The molecule has 1 unspecified atom stereocenters. The lowest BCUT2D eigenvalue weighted by Crippen LogP contribution is -2.39. The molecule has 0 aliphatic rings. The summed E-state index contributed by atoms with van der Waals surface area (Å²) in [6.45, 7) is 3.88. The molecule has 0 aromatic carbocycles. The van der Waals surface area contributed by atoms with E-state index in [1.54, 1.807) is 0 Å². The maximum Gasteiger partial charge on any atom is 0.243 e. The first-order valence-corrected chi connectivity index (χ1v) is 8.98. The molecule has 1 aromatic rings. The van der Waals surface area contributed by atoms with Crippen LogP contribution in [0.25, 0.3) is 0 Å². The summed E-state index contributed by atoms with van der Waals surface area (Å²) in [7, 11) is -3.61. The van der Waals surface area contributed by atoms with E-state index in [-0.39, 0.29) is 21.2 Å². The van der Waals surface area contributed by atoms with Crippen molar-refractivity contribution in [2.75, 3.05) is 5.33 Å². The summed E-state index contributed by atoms with van der Waals surface area (Å²) in [6.07, 6.45) is 0. The van der Waals surface area contributed by atoms with Crippen molar-refractivity contribution in [1.29, 1.82) is 0 Å². The number of rotatable bonds is 5. The van der Waals surface area contributed by atoms with Gasteiger partial charge in [-0.1, -0.05) is 53.0 Å². The molecule has 3 nitrogen and oxygen atoms in total. The molecule has 0 saturated heterocycles. The van der Waals surface area contributed by atoms with Crippen LogP contribution in [0.4, 0.5) is 0 Å². The second-order valence-corrected chi connectivity index (χ2v) is 8.43. The number of alkyl halides is 1. The van der Waals surface area contributed by atoms with Crippen LogP contribution in [0, 0.1) is 5.92 Å². The number of thiophene rings is 1. The quantitative estimate of drug-likeness (QED) is 0.790. The summed E-state index contributed by atoms with van der Waals surface area (Å²) in [6, 6.07) is 1.18. The Kier molecular flexibility index (Phi) is 5.75. The number of nitrogens with one attached hydrogen (secondary N) is 1. The van der Waals surface area contributed by atoms with Crippen LogP contribution in [0.15, 0.2) is 11.0 Å². The fourth-order valence-electron chi connectivity index (χ4n) is 1.12. The predicted molar refractivity (Wildman–Crippen MR) is 77.1 cm³/mol. The van der Waals surface area contributed by atoms with E-state index in [0.29, 0.717) is 9.67 Å². The molecule has 1 aromatic heterocycles. The zero-order valence-corrected chi connectivity index (χ0v) is 13.9. The molecule has 1 rings (SSSR count). The Labute approximate surface area is 124 Å². The third kappa shape index (κ3) is 4.08. The van der Waals surface area contributed by atoms with E-state index in [9.17, 15) is 8.42 Å². The molecule has 0 fully saturated rings. The summed E-state index contributed by atoms with van der Waals surface area (Å²) in [5, 5.41) is 0.541. The van der Waals surface area contributed by atoms with Gasteiger partial charge in [0.25, 0.3) is 0 Å². The van der Waals surface area contributed by atoms with Gasteiger partial charge in [-0.15, -0.1) is 11.3 Å². The highest BCUT2D eigenvalue weighted by Gasteiger charge is 2.25. The summed E-state index contributed by atoms with van der Waals surface area (Å²) in [5.74, 6) is 0.178. The lowest BCUT2D eigenvalue weighted by molar-refractivity contribution is 0.484. The lowest BCUT2D eigenvalue weighted by atomic mass is 10.1. The van der Waals surface area contributed by atoms with E-state index < -0.39 is 10.0 Å². The second kappa shape index (κ2) is 6.21. The fraction of sp³-hybridized carbons (Fsp3) is 0.556. The van der Waals surface area contributed by atoms with Gasteiger partial charge in [0.05, 0.1) is 4.34 Å². The first kappa shape index (κ1) is 15.7. The van der Waals surface area contributed by atoms with Crippen LogP contribution >= 0.6 is 50.5 Å². The van der Waals surface area contributed by atoms with Gasteiger partial charge in [0.15, 0.2) is 0 Å². The van der Waals surface area contributed by atoms with Crippen molar-refractivity contribution >= 4 is 60.5 Å². The van der Waals surface area contributed by atoms with Gasteiger partial charge >= 0.3 is 0 Å². The predicted octanol–water partition coefficient (Wildman–Crippen LogP) is 3.75. The monoisotopic (exact) mass is 379 g/mol. The summed E-state index contributed by atoms with van der Waals surface area (Å²) in [4.78, 5) is 0.0424. The normalized spacial score (nSPS) is 14.2. The van der Waals surface area contributed by atoms with Crippen LogP contribution in [0.1, 0.15) is 13.8 Å². The molecule has 1 atom stereocenters. The van der Waals surface area contributed by atoms with Crippen molar-refractivity contribution < 1.29 is 8.42 Å². The second-order valence-electron chi connectivity index (χ2n) is 3.81. The topological polar surface area (TPSA) is 46.2 Å². The Morgan fingerprint density at radius 2 is 2.06 bits per heavy atom. The van der Waals surface area contributed by atoms with E-state index in [1.807, 2.05) is 13.8 Å². The van der Waals surface area contributed by atoms with Crippen molar-refractivity contribution in [3.05, 3.63) is 14.7 Å². The highest BCUT2D eigenvalue weighted by molar-refractivity contribution is 9.09. The molecule has 17 heavy (non-hydrogen) atoms. The molecule has 1 heterocycles. The Morgan fingerprint density at radius 3 is 2.41 bits per heavy atom. The van der Waals surface area contributed by atoms with E-state index in [1.165, 1.54) is 6.07 Å². The molecule has 0 amide bonds. The van der Waals surface area contributed by atoms with Gasteiger partial charge in [0, 0.05) is 11.4 Å². The van der Waals surface area contributed by atoms with Crippen molar-refractivity contribution in [3.63, 3.8) is 0 Å². The fourth-order valence-corrected chi connectivity index (χ4v) is 5.77. The molecule has 8 heteroatoms. The highest BCUT2D eigenvalue weighted by atomic mass is 79.9. The van der Waals surface area contributed by atoms with Crippen LogP contribution in [-0.4, -0.2) is 19.8 Å². The maximum atomic E-state index is 12.1. The van der Waals surface area contributed by atoms with Crippen molar-refractivity contribution in [2.24, 2.45) is 5.92 Å². The van der Waals surface area contributed by atoms with Crippen molar-refractivity contribution in [1.82, 2.24) is 4.72 Å². The van der Waals surface area contributed by atoms with Crippen LogP contribution in [0.5, 0.6) is 0 Å². The van der Waals surface area contributed by atoms with Gasteiger partial charge in [0.1, 0.15) is 9.23 Å². The van der Waals surface area contributed by atoms with Crippen LogP contribution in [0.3, 0.4) is 0 Å². The molecule has 0 aliphatic carbocycles. The van der Waals surface area contributed by atoms with Crippen LogP contribution in [-0.2, 0) is 10.0 Å². The Balaban J connectivity index is 3.00. The molecular formula is C9H12BrCl2NO2S2. The summed E-state index contributed by atoms with van der Waals surface area (Å²) < 4.78 is 27.3. The van der Waals surface area contributed by atoms with Gasteiger partial charge in [-0.05, 0) is 12.0 Å². The molecule has 0 aliphatic heterocycles. The standard InChI is InChI=1S/C9H12BrCl2NO2S2/c1-5(2)6(4-10)13-17(14,15)7-3-8(11)16-9(7)12/h3,5-6,13H,4H2,1-2H3. The minimum Gasteiger partial charge on any atom is -0.207 e. The van der Waals surface area contributed by atoms with Gasteiger partial charge in [-0.3, -0.25) is 0 Å². The van der Waals surface area contributed by atoms with E-state index in [2.05, 4.69) is 20.7 Å². The molecule has 1 N–H and O–H groups in total. The third-order valence-corrected chi connectivity index (χ3v) is 6.13. The minimum absolute atomic E-state index is 0.0424. The average Bonchev–Trinajstić information content (AvgIpc) is 2.54. The van der Waals surface area contributed by atoms with Crippen LogP contribution < -0.4 is 4.72 Å². The zero-order valence-electron chi connectivity index (χ0n) is 9.21. The molecule has 0 saturated carbocycles. The Bertz CT molecular complexity index is 487. The van der Waals surface area contributed by atoms with Gasteiger partial charge in [0.2, 0.25) is 10.0 Å². The van der Waals surface area contributed by atoms with Gasteiger partial charge < -0.3 is 0 Å². The largest absolute Gasteiger partial charge is 0.243 e. The van der Waals surface area contributed by atoms with E-state index in [0.717, 1.165) is 11.3 Å². The highest BCUT2D eigenvalue weighted by Crippen LogP contribution is 2.34. The Hall–Kier alpha value is 0.670. The third-order valence-electron chi connectivity index (χ3n) is 2.19. The first-order chi connectivity index (χ1) is 7.77. The van der Waals surface area contributed by atoms with Gasteiger partial charge in [-0.25, -0.2) is 13.1 Å². The average molecular weight is 381 g/mol. The van der Waals surface area contributed by atoms with E-state index in [4.69, 9.17) is 23.2 Å². The molecule has 0 radical (unpaired) electrons. The lowest BCUT2D eigenvalue weighted by Gasteiger charge is -2.19. The number of hydrogen-bond donors (Lipinski definition) is 1. The number of sulfonamides is 1.